The molecule has 0 aromatic heterocycles. The topological polar surface area (TPSA) is 274 Å². The monoisotopic (exact) mass is 505 g/mol. The van der Waals surface area contributed by atoms with Gasteiger partial charge in [0.2, 0.25) is 5.91 Å². The number of primary amides is 1. The van der Waals surface area contributed by atoms with Crippen LogP contribution in [0.25, 0.3) is 0 Å². The maximum atomic E-state index is 12.7. The molecule has 0 bridgehead atoms. The number of quaternary nitrogens is 2. The van der Waals surface area contributed by atoms with E-state index in [2.05, 4.69) is 37.7 Å². The molecule has 3 heterocycles. The van der Waals surface area contributed by atoms with Crippen molar-refractivity contribution in [1.82, 2.24) is 21.3 Å². The lowest BCUT2D eigenvalue weighted by Crippen LogP contribution is -2.86. The zero-order chi connectivity index (χ0) is 25.7. The van der Waals surface area contributed by atoms with Gasteiger partial charge in [-0.15, -0.1) is 0 Å². The van der Waals surface area contributed by atoms with E-state index in [1.807, 2.05) is 0 Å². The first-order chi connectivity index (χ1) is 16.6. The lowest BCUT2D eigenvalue weighted by Gasteiger charge is -2.42. The van der Waals surface area contributed by atoms with Crippen molar-refractivity contribution in [2.75, 3.05) is 19.7 Å². The highest BCUT2D eigenvalue weighted by Gasteiger charge is 2.52. The van der Waals surface area contributed by atoms with Gasteiger partial charge in [-0.3, -0.25) is 19.9 Å². The maximum absolute atomic E-state index is 12.7. The van der Waals surface area contributed by atoms with Crippen molar-refractivity contribution in [2.24, 2.45) is 5.73 Å². The summed E-state index contributed by atoms with van der Waals surface area (Å²) in [6, 6.07) is -2.70. The Bertz CT molecular complexity index is 816. The van der Waals surface area contributed by atoms with E-state index in [-0.39, 0.29) is 30.9 Å². The molecule has 3 rings (SSSR count). The number of aliphatic hydroxyl groups is 3. The summed E-state index contributed by atoms with van der Waals surface area (Å²) in [5.41, 5.74) is 12.8. The van der Waals surface area contributed by atoms with Crippen molar-refractivity contribution in [1.29, 1.82) is 0 Å². The highest BCUT2D eigenvalue weighted by Crippen LogP contribution is 2.23. The molecule has 9 atom stereocenters. The third-order valence-electron chi connectivity index (χ3n) is 6.25. The Morgan fingerprint density at radius 1 is 1.37 bits per heavy atom. The highest BCUT2D eigenvalue weighted by atomic mass is 16.6. The normalized spacial score (nSPS) is 35.1. The van der Waals surface area contributed by atoms with E-state index >= 15 is 0 Å². The largest absolute Gasteiger partial charge is 0.441 e. The van der Waals surface area contributed by atoms with Gasteiger partial charge in [0.1, 0.15) is 30.4 Å². The van der Waals surface area contributed by atoms with Crippen LogP contribution < -0.4 is 43.5 Å². The molecular formula is C19H37N8O8+3. The summed E-state index contributed by atoms with van der Waals surface area (Å²) in [6.45, 7) is 0.178. The first-order valence-electron chi connectivity index (χ1n) is 11.6. The molecule has 0 spiro atoms. The molecule has 0 aromatic carbocycles. The molecule has 3 amide bonds. The summed E-state index contributed by atoms with van der Waals surface area (Å²) in [6.07, 6.45) is -5.62. The molecule has 16 nitrogen and oxygen atoms in total. The number of ether oxygens (including phenoxy) is 2. The van der Waals surface area contributed by atoms with Crippen molar-refractivity contribution in [3.05, 3.63) is 0 Å². The summed E-state index contributed by atoms with van der Waals surface area (Å²) in [5.74, 6) is -0.524. The number of carbonyl (C=O) groups excluding carboxylic acids is 3. The Morgan fingerprint density at radius 2 is 2.11 bits per heavy atom. The Morgan fingerprint density at radius 3 is 2.74 bits per heavy atom. The Balaban J connectivity index is 1.77. The average Bonchev–Trinajstić information content (AvgIpc) is 3.24. The van der Waals surface area contributed by atoms with Gasteiger partial charge in [0.05, 0.1) is 25.6 Å². The number of amides is 3. The average molecular weight is 506 g/mol. The van der Waals surface area contributed by atoms with Gasteiger partial charge in [-0.25, -0.2) is 10.1 Å². The van der Waals surface area contributed by atoms with Crippen molar-refractivity contribution in [3.8, 4) is 0 Å². The number of β-amino-alcohol motifs (C(OH)–C–C–N with tert-alkyl or cyclic N) is 1. The molecule has 3 aliphatic heterocycles. The minimum Gasteiger partial charge on any atom is -0.441 e. The van der Waals surface area contributed by atoms with Crippen molar-refractivity contribution >= 4 is 23.9 Å². The lowest BCUT2D eigenvalue weighted by atomic mass is 9.95. The van der Waals surface area contributed by atoms with E-state index in [1.165, 1.54) is 0 Å². The molecule has 2 saturated heterocycles. The highest BCUT2D eigenvalue weighted by molar-refractivity contribution is 5.87. The number of hydrogen-bond donors (Lipinski definition) is 11. The maximum Gasteiger partial charge on any atom is 0.404 e. The van der Waals surface area contributed by atoms with Gasteiger partial charge in [0, 0.05) is 19.4 Å². The smallest absolute Gasteiger partial charge is 0.404 e. The molecule has 16 N–H and O–H groups in total. The van der Waals surface area contributed by atoms with Crippen LogP contribution in [-0.2, 0) is 19.1 Å². The second-order valence-electron chi connectivity index (χ2n) is 8.95. The summed E-state index contributed by atoms with van der Waals surface area (Å²) in [4.78, 5) is 39.1. The Hall–Kier alpha value is -2.76. The van der Waals surface area contributed by atoms with Crippen molar-refractivity contribution < 1.29 is 55.6 Å². The minimum atomic E-state index is -1.50. The summed E-state index contributed by atoms with van der Waals surface area (Å²) in [7, 11) is 0. The fourth-order valence-corrected chi connectivity index (χ4v) is 4.46. The van der Waals surface area contributed by atoms with Gasteiger partial charge in [0.15, 0.2) is 18.4 Å². The number of nitrogens with two attached hydrogens (primary N) is 1. The molecule has 0 saturated carbocycles. The van der Waals surface area contributed by atoms with E-state index in [9.17, 15) is 29.7 Å². The van der Waals surface area contributed by atoms with Crippen molar-refractivity contribution in [3.63, 3.8) is 0 Å². The molecular weight excluding hydrogens is 468 g/mol. The van der Waals surface area contributed by atoms with Crippen LogP contribution in [0.3, 0.4) is 0 Å². The predicted octanol–water partition coefficient (Wildman–Crippen LogP) is -9.11. The SMILES string of the molecule is NC(=O)O[C@@H]1[C@@H](O)[C@@H](NC(=O)CC([NH3+])CCC[NH3+])[C@H](NC2=[NH+]C3C(=O)NCC(O)C3N2)O[C@@H]1CO. The van der Waals surface area contributed by atoms with Gasteiger partial charge in [-0.05, 0) is 0 Å². The van der Waals surface area contributed by atoms with Gasteiger partial charge in [-0.2, -0.15) is 0 Å². The standard InChI is InChI=1S/C19H34N8O8/c20-3-1-2-7(21)4-10(30)24-13-14(31)15(35-18(22)33)9(6-28)34-17(13)27-19-25-11-8(29)5-23-16(32)12(11)26-19/h7-9,11-15,17,28-29,31H,1-6,20-21H2,(H2,22,33)(H,23,32)(H,24,30)(H2,25,26,27)/p+3/t7?,8?,9-,11?,12?,13-,14+,15+,17-/m1/s1. The number of aliphatic hydroxyl groups excluding tert-OH is 3. The van der Waals surface area contributed by atoms with Crippen LogP contribution in [0, 0.1) is 0 Å². The molecule has 4 unspecified atom stereocenters. The van der Waals surface area contributed by atoms with Gasteiger partial charge < -0.3 is 52.6 Å². The van der Waals surface area contributed by atoms with Crippen molar-refractivity contribution in [2.45, 2.75) is 74.1 Å². The van der Waals surface area contributed by atoms with Crippen LogP contribution in [0.1, 0.15) is 19.3 Å². The quantitative estimate of drug-likeness (QED) is 0.141. The number of piperidine rings is 1. The molecule has 198 valence electrons. The third kappa shape index (κ3) is 6.47. The minimum absolute atomic E-state index is 0.0737. The summed E-state index contributed by atoms with van der Waals surface area (Å²) >= 11 is 0. The molecule has 0 radical (unpaired) electrons. The van der Waals surface area contributed by atoms with Gasteiger partial charge in [0.25, 0.3) is 5.91 Å². The third-order valence-corrected chi connectivity index (χ3v) is 6.25. The second-order valence-corrected chi connectivity index (χ2v) is 8.95. The summed E-state index contributed by atoms with van der Waals surface area (Å²) in [5, 5.41) is 42.1. The molecule has 16 heteroatoms. The van der Waals surface area contributed by atoms with E-state index in [0.717, 1.165) is 13.0 Å². The number of guanidine groups is 1. The van der Waals surface area contributed by atoms with Gasteiger partial charge in [-0.1, -0.05) is 0 Å². The molecule has 3 aliphatic rings. The fourth-order valence-electron chi connectivity index (χ4n) is 4.46. The van der Waals surface area contributed by atoms with E-state index in [4.69, 9.17) is 15.2 Å². The Labute approximate surface area is 200 Å². The first-order valence-corrected chi connectivity index (χ1v) is 11.6. The van der Waals surface area contributed by atoms with Crippen LogP contribution >= 0.6 is 0 Å². The fraction of sp³-hybridized carbons (Fsp3) is 0.789. The molecule has 2 fully saturated rings. The molecule has 0 aromatic rings. The Kier molecular flexibility index (Phi) is 9.03. The van der Waals surface area contributed by atoms with E-state index in [1.54, 1.807) is 0 Å². The van der Waals surface area contributed by atoms with E-state index < -0.39 is 67.4 Å². The number of hydrogen-bond acceptors (Lipinski definition) is 10. The number of fused-ring (bicyclic) bond motifs is 1. The van der Waals surface area contributed by atoms with Crippen LogP contribution in [0.4, 0.5) is 4.79 Å². The van der Waals surface area contributed by atoms with E-state index in [0.29, 0.717) is 6.42 Å². The second kappa shape index (κ2) is 11.8. The molecule has 35 heavy (non-hydrogen) atoms. The van der Waals surface area contributed by atoms with Crippen LogP contribution in [0.15, 0.2) is 0 Å². The number of nitrogens with one attached hydrogen (secondary N) is 5. The zero-order valence-electron chi connectivity index (χ0n) is 19.3. The van der Waals surface area contributed by atoms with Gasteiger partial charge >= 0.3 is 12.1 Å². The number of rotatable bonds is 9. The summed E-state index contributed by atoms with van der Waals surface area (Å²) < 4.78 is 10.8. The lowest BCUT2D eigenvalue weighted by molar-refractivity contribution is -0.485. The predicted molar refractivity (Wildman–Crippen MR) is 115 cm³/mol. The van der Waals surface area contributed by atoms with Crippen LogP contribution in [0.5, 0.6) is 0 Å². The van der Waals surface area contributed by atoms with Crippen LogP contribution in [0.2, 0.25) is 0 Å². The molecule has 0 aliphatic carbocycles. The number of carbonyl (C=O) groups is 3. The van der Waals surface area contributed by atoms with Crippen LogP contribution in [-0.4, -0.2) is 114 Å². The zero-order valence-corrected chi connectivity index (χ0v) is 19.3. The first kappa shape index (κ1) is 26.8.